The Morgan fingerprint density at radius 1 is 1.34 bits per heavy atom. The average Bonchev–Trinajstić information content (AvgIpc) is 3.35. The fraction of sp³-hybridized carbons (Fsp3) is 0.333. The van der Waals surface area contributed by atoms with Crippen molar-refractivity contribution in [1.82, 2.24) is 24.4 Å². The van der Waals surface area contributed by atoms with Crippen LogP contribution in [0.4, 0.5) is 5.82 Å². The van der Waals surface area contributed by atoms with E-state index in [2.05, 4.69) is 29.7 Å². The number of hydrogen-bond donors (Lipinski definition) is 2. The summed E-state index contributed by atoms with van der Waals surface area (Å²) < 4.78 is 13.0. The lowest BCUT2D eigenvalue weighted by molar-refractivity contribution is 0.174. The molecule has 0 unspecified atom stereocenters. The summed E-state index contributed by atoms with van der Waals surface area (Å²) in [7, 11) is 0. The Morgan fingerprint density at radius 2 is 2.09 bits per heavy atom. The number of aryl methyl sites for hydroxylation is 1. The van der Waals surface area contributed by atoms with E-state index in [0.717, 1.165) is 11.3 Å². The zero-order chi connectivity index (χ0) is 22.8. The summed E-state index contributed by atoms with van der Waals surface area (Å²) in [6.07, 6.45) is 7.96. The van der Waals surface area contributed by atoms with E-state index in [1.165, 1.54) is 18.1 Å². The van der Waals surface area contributed by atoms with Crippen molar-refractivity contribution in [3.8, 4) is 23.8 Å². The standard InChI is InChI=1S/C21H23N7O2S2/c1-4-13-8-14-15(30-11-29-14)9-16(13)32-21-26-17-18(22)24-10-25-19(17)28(21)7-5-6-27(12(2)3)20(23)31/h1,8-10,12H,5-7,11H2,2-3H3,(H2,23,31)(H2,22,24,25). The highest BCUT2D eigenvalue weighted by Gasteiger charge is 2.21. The van der Waals surface area contributed by atoms with Crippen LogP contribution in [0, 0.1) is 12.3 Å². The third-order valence-electron chi connectivity index (χ3n) is 5.04. The van der Waals surface area contributed by atoms with E-state index < -0.39 is 0 Å². The van der Waals surface area contributed by atoms with Crippen LogP contribution in [0.3, 0.4) is 0 Å². The van der Waals surface area contributed by atoms with Gasteiger partial charge in [-0.1, -0.05) is 17.7 Å². The van der Waals surface area contributed by atoms with E-state index >= 15 is 0 Å². The van der Waals surface area contributed by atoms with E-state index in [4.69, 9.17) is 44.6 Å². The number of benzene rings is 1. The molecule has 4 N–H and O–H groups in total. The van der Waals surface area contributed by atoms with Crippen molar-refractivity contribution in [2.45, 2.75) is 42.9 Å². The van der Waals surface area contributed by atoms with Crippen molar-refractivity contribution in [2.75, 3.05) is 19.1 Å². The Bertz CT molecular complexity index is 1220. The number of terminal acetylenes is 1. The minimum atomic E-state index is 0.174. The molecule has 4 rings (SSSR count). The van der Waals surface area contributed by atoms with Crippen LogP contribution in [0.5, 0.6) is 11.5 Å². The topological polar surface area (TPSA) is 117 Å². The zero-order valence-corrected chi connectivity index (χ0v) is 19.4. The number of fused-ring (bicyclic) bond motifs is 2. The van der Waals surface area contributed by atoms with Crippen molar-refractivity contribution in [2.24, 2.45) is 5.73 Å². The first-order valence-corrected chi connectivity index (χ1v) is 11.2. The SMILES string of the molecule is C#Cc1cc2c(cc1Sc1nc3c(N)ncnc3n1CCCN(C(N)=S)C(C)C)OCO2. The van der Waals surface area contributed by atoms with Gasteiger partial charge >= 0.3 is 0 Å². The highest BCUT2D eigenvalue weighted by molar-refractivity contribution is 7.99. The second kappa shape index (κ2) is 9.10. The zero-order valence-electron chi connectivity index (χ0n) is 17.7. The molecule has 0 spiro atoms. The molecule has 0 saturated carbocycles. The van der Waals surface area contributed by atoms with Gasteiger partial charge in [0.05, 0.1) is 0 Å². The number of anilines is 1. The summed E-state index contributed by atoms with van der Waals surface area (Å²) >= 11 is 6.61. The van der Waals surface area contributed by atoms with Gasteiger partial charge in [0.15, 0.2) is 38.7 Å². The van der Waals surface area contributed by atoms with Crippen molar-refractivity contribution in [3.05, 3.63) is 24.0 Å². The molecule has 1 aliphatic rings. The largest absolute Gasteiger partial charge is 0.454 e. The van der Waals surface area contributed by atoms with Crippen LogP contribution in [0.2, 0.25) is 0 Å². The molecule has 0 aliphatic carbocycles. The first kappa shape index (κ1) is 22.0. The van der Waals surface area contributed by atoms with E-state index in [1.807, 2.05) is 15.5 Å². The molecule has 0 amide bonds. The molecule has 2 aromatic heterocycles. The first-order valence-electron chi connectivity index (χ1n) is 10.00. The van der Waals surface area contributed by atoms with Crippen molar-refractivity contribution < 1.29 is 9.47 Å². The molecule has 166 valence electrons. The fourth-order valence-corrected chi connectivity index (χ4v) is 4.77. The van der Waals surface area contributed by atoms with Gasteiger partial charge in [0, 0.05) is 35.7 Å². The summed E-state index contributed by atoms with van der Waals surface area (Å²) in [5, 5.41) is 1.09. The number of nitrogens with zero attached hydrogens (tertiary/aromatic N) is 5. The molecule has 3 aromatic rings. The van der Waals surface area contributed by atoms with Crippen molar-refractivity contribution in [3.63, 3.8) is 0 Å². The monoisotopic (exact) mass is 469 g/mol. The van der Waals surface area contributed by atoms with Crippen molar-refractivity contribution in [1.29, 1.82) is 0 Å². The lowest BCUT2D eigenvalue weighted by Gasteiger charge is -2.27. The van der Waals surface area contributed by atoms with Crippen LogP contribution in [0.15, 0.2) is 28.5 Å². The second-order valence-electron chi connectivity index (χ2n) is 7.40. The Labute approximate surface area is 195 Å². The molecule has 1 aliphatic heterocycles. The van der Waals surface area contributed by atoms with Gasteiger partial charge < -0.3 is 30.4 Å². The molecule has 0 radical (unpaired) electrons. The van der Waals surface area contributed by atoms with Crippen LogP contribution in [-0.4, -0.2) is 48.9 Å². The number of nitrogens with two attached hydrogens (primary N) is 2. The van der Waals surface area contributed by atoms with Gasteiger partial charge in [0.1, 0.15) is 6.33 Å². The molecule has 1 aromatic carbocycles. The number of aromatic nitrogens is 4. The first-order chi connectivity index (χ1) is 15.4. The van der Waals surface area contributed by atoms with Gasteiger partial charge in [0.25, 0.3) is 0 Å². The van der Waals surface area contributed by atoms with Crippen LogP contribution < -0.4 is 20.9 Å². The summed E-state index contributed by atoms with van der Waals surface area (Å²) in [4.78, 5) is 16.0. The molecule has 0 atom stereocenters. The molecule has 3 heterocycles. The molecule has 9 nitrogen and oxygen atoms in total. The number of thiocarbonyl (C=S) groups is 1. The van der Waals surface area contributed by atoms with Crippen LogP contribution in [-0.2, 0) is 6.54 Å². The maximum absolute atomic E-state index is 6.07. The summed E-state index contributed by atoms with van der Waals surface area (Å²) in [5.74, 6) is 4.32. The predicted molar refractivity (Wildman–Crippen MR) is 128 cm³/mol. The van der Waals surface area contributed by atoms with Gasteiger partial charge in [-0.05, 0) is 38.6 Å². The van der Waals surface area contributed by atoms with Crippen LogP contribution >= 0.6 is 24.0 Å². The molecular formula is C21H23N7O2S2. The molecule has 0 bridgehead atoms. The molecule has 0 fully saturated rings. The Morgan fingerprint density at radius 3 is 2.78 bits per heavy atom. The molecule has 32 heavy (non-hydrogen) atoms. The Hall–Kier alpha value is -3.23. The lowest BCUT2D eigenvalue weighted by atomic mass is 10.2. The molecule has 11 heteroatoms. The molecular weight excluding hydrogens is 446 g/mol. The van der Waals surface area contributed by atoms with Gasteiger partial charge in [-0.3, -0.25) is 0 Å². The van der Waals surface area contributed by atoms with E-state index in [1.54, 1.807) is 6.07 Å². The highest BCUT2D eigenvalue weighted by atomic mass is 32.2. The van der Waals surface area contributed by atoms with Crippen LogP contribution in [0.25, 0.3) is 11.2 Å². The number of nitrogen functional groups attached to an aromatic ring is 1. The normalized spacial score (nSPS) is 12.3. The maximum Gasteiger partial charge on any atom is 0.231 e. The number of rotatable bonds is 7. The van der Waals surface area contributed by atoms with Crippen LogP contribution in [0.1, 0.15) is 25.8 Å². The van der Waals surface area contributed by atoms with E-state index in [9.17, 15) is 0 Å². The van der Waals surface area contributed by atoms with Gasteiger partial charge in [-0.2, -0.15) is 0 Å². The number of imidazole rings is 1. The quantitative estimate of drug-likeness (QED) is 0.395. The average molecular weight is 470 g/mol. The number of ether oxygens (including phenoxy) is 2. The minimum absolute atomic E-state index is 0.174. The minimum Gasteiger partial charge on any atom is -0.454 e. The Balaban J connectivity index is 1.67. The van der Waals surface area contributed by atoms with Gasteiger partial charge in [0.2, 0.25) is 6.79 Å². The van der Waals surface area contributed by atoms with Crippen molar-refractivity contribution >= 4 is 46.1 Å². The summed E-state index contributed by atoms with van der Waals surface area (Å²) in [6.45, 7) is 5.63. The third kappa shape index (κ3) is 4.24. The Kier molecular flexibility index (Phi) is 6.25. The summed E-state index contributed by atoms with van der Waals surface area (Å²) in [6, 6.07) is 3.88. The summed E-state index contributed by atoms with van der Waals surface area (Å²) in [5.41, 5.74) is 13.8. The molecule has 0 saturated heterocycles. The van der Waals surface area contributed by atoms with Gasteiger partial charge in [-0.25, -0.2) is 15.0 Å². The van der Waals surface area contributed by atoms with E-state index in [0.29, 0.717) is 57.4 Å². The predicted octanol–water partition coefficient (Wildman–Crippen LogP) is 2.61. The third-order valence-corrected chi connectivity index (χ3v) is 6.33. The smallest absolute Gasteiger partial charge is 0.231 e. The fourth-order valence-electron chi connectivity index (χ4n) is 3.45. The lowest BCUT2D eigenvalue weighted by Crippen LogP contribution is -2.41. The van der Waals surface area contributed by atoms with E-state index in [-0.39, 0.29) is 12.8 Å². The highest BCUT2D eigenvalue weighted by Crippen LogP contribution is 2.41. The number of hydrogen-bond acceptors (Lipinski definition) is 8. The second-order valence-corrected chi connectivity index (χ2v) is 8.83. The maximum atomic E-state index is 6.07. The van der Waals surface area contributed by atoms with Gasteiger partial charge in [-0.15, -0.1) is 6.42 Å².